The fourth-order valence-corrected chi connectivity index (χ4v) is 4.74. The van der Waals surface area contributed by atoms with Gasteiger partial charge in [-0.05, 0) is 30.2 Å². The summed E-state index contributed by atoms with van der Waals surface area (Å²) in [6, 6.07) is 1.37. The zero-order chi connectivity index (χ0) is 36.7. The number of nitrogens with zero attached hydrogens (tertiary/aromatic N) is 1. The molecular weight excluding hydrogens is 640 g/mol. The minimum Gasteiger partial charge on any atom is -0.480 e. The molecule has 0 unspecified atom stereocenters. The van der Waals surface area contributed by atoms with E-state index in [1.807, 2.05) is 49.5 Å². The molecule has 1 aromatic carbocycles. The third-order valence-corrected chi connectivity index (χ3v) is 7.45. The van der Waals surface area contributed by atoms with E-state index in [0.717, 1.165) is 5.56 Å². The Morgan fingerprint density at radius 2 is 1.29 bits per heavy atom. The van der Waals surface area contributed by atoms with Gasteiger partial charge in [0.15, 0.2) is 0 Å². The number of aliphatic carboxylic acids is 1. The fraction of sp³-hybridized carbons (Fsp3) is 0.531. The first-order chi connectivity index (χ1) is 23.2. The number of aliphatic hydroxyl groups is 2. The molecule has 0 aliphatic carbocycles. The molecule has 1 heterocycles. The van der Waals surface area contributed by atoms with Gasteiger partial charge in [0.1, 0.15) is 30.2 Å². The molecule has 0 saturated heterocycles. The molecule has 0 spiro atoms. The lowest BCUT2D eigenvalue weighted by Crippen LogP contribution is -2.61. The zero-order valence-electron chi connectivity index (χ0n) is 28.0. The number of carbonyl (C=O) groups is 6. The van der Waals surface area contributed by atoms with Crippen LogP contribution >= 0.6 is 0 Å². The van der Waals surface area contributed by atoms with Gasteiger partial charge in [0.2, 0.25) is 29.5 Å². The average Bonchev–Trinajstić information content (AvgIpc) is 3.57. The summed E-state index contributed by atoms with van der Waals surface area (Å²) >= 11 is 0. The zero-order valence-corrected chi connectivity index (χ0v) is 28.0. The number of carbonyl (C=O) groups excluding carboxylic acids is 5. The maximum atomic E-state index is 13.6. The van der Waals surface area contributed by atoms with E-state index in [4.69, 9.17) is 10.8 Å². The Labute approximate surface area is 284 Å². The second kappa shape index (κ2) is 19.8. The number of nitrogens with two attached hydrogens (primary N) is 1. The van der Waals surface area contributed by atoms with Crippen LogP contribution in [-0.4, -0.2) is 110 Å². The van der Waals surface area contributed by atoms with Crippen LogP contribution in [0, 0.1) is 11.8 Å². The number of aliphatic hydroxyl groups excluding tert-OH is 2. The van der Waals surface area contributed by atoms with Gasteiger partial charge in [0.25, 0.3) is 0 Å². The third kappa shape index (κ3) is 13.3. The van der Waals surface area contributed by atoms with Crippen molar-refractivity contribution in [3.63, 3.8) is 0 Å². The normalized spacial score (nSPS) is 14.9. The minimum absolute atomic E-state index is 0.0185. The van der Waals surface area contributed by atoms with Gasteiger partial charge in [-0.3, -0.25) is 24.0 Å². The molecule has 0 saturated carbocycles. The first-order valence-corrected chi connectivity index (χ1v) is 15.9. The number of aromatic amines is 1. The molecule has 0 aliphatic rings. The van der Waals surface area contributed by atoms with Crippen LogP contribution in [0.25, 0.3) is 0 Å². The maximum absolute atomic E-state index is 13.6. The van der Waals surface area contributed by atoms with Crippen LogP contribution in [-0.2, 0) is 41.6 Å². The number of H-pyrrole nitrogens is 1. The highest BCUT2D eigenvalue weighted by molar-refractivity contribution is 5.96. The first kappa shape index (κ1) is 40.3. The number of aromatic nitrogens is 2. The lowest BCUT2D eigenvalue weighted by Gasteiger charge is -2.28. The standard InChI is InChI=1S/C32H48N8O9/c1-17(2)10-22(36-27(43)21(33)11-19-8-6-5-7-9-19)29(45)40-26(18(3)4)31(47)37-23(12-20-13-34-16-35-20)28(44)38-24(14-41)30(46)39-25(15-42)32(48)49/h5-9,13,16-18,21-26,41-42H,10-12,14-15,33H2,1-4H3,(H,34,35)(H,36,43)(H,37,47)(H,38,44)(H,39,46)(H,40,45)(H,48,49)/t21-,22-,23-,24-,25-,26-/m0/s1. The predicted molar refractivity (Wildman–Crippen MR) is 176 cm³/mol. The number of carboxylic acids is 1. The molecule has 0 aliphatic heterocycles. The average molecular weight is 689 g/mol. The van der Waals surface area contributed by atoms with E-state index in [1.54, 1.807) is 13.8 Å². The number of hydrogen-bond acceptors (Lipinski definition) is 10. The second-order valence-corrected chi connectivity index (χ2v) is 12.4. The Balaban J connectivity index is 2.21. The van der Waals surface area contributed by atoms with Crippen molar-refractivity contribution in [3.05, 3.63) is 54.1 Å². The summed E-state index contributed by atoms with van der Waals surface area (Å²) in [5.74, 6) is -5.97. The van der Waals surface area contributed by atoms with Crippen molar-refractivity contribution in [2.45, 2.75) is 83.2 Å². The Kier molecular flexibility index (Phi) is 16.3. The lowest BCUT2D eigenvalue weighted by atomic mass is 9.98. The summed E-state index contributed by atoms with van der Waals surface area (Å²) in [5, 5.41) is 40.3. The third-order valence-electron chi connectivity index (χ3n) is 7.45. The van der Waals surface area contributed by atoms with E-state index in [2.05, 4.69) is 31.2 Å². The smallest absolute Gasteiger partial charge is 0.328 e. The number of rotatable bonds is 20. The molecule has 11 N–H and O–H groups in total. The summed E-state index contributed by atoms with van der Waals surface area (Å²) in [6.07, 6.45) is 3.11. The van der Waals surface area contributed by atoms with Crippen molar-refractivity contribution in [1.29, 1.82) is 0 Å². The lowest BCUT2D eigenvalue weighted by molar-refractivity contribution is -0.143. The van der Waals surface area contributed by atoms with Gasteiger partial charge in [-0.2, -0.15) is 0 Å². The van der Waals surface area contributed by atoms with E-state index in [1.165, 1.54) is 12.5 Å². The first-order valence-electron chi connectivity index (χ1n) is 15.9. The largest absolute Gasteiger partial charge is 0.480 e. The van der Waals surface area contributed by atoms with Crippen LogP contribution in [0.1, 0.15) is 45.4 Å². The van der Waals surface area contributed by atoms with Crippen molar-refractivity contribution in [1.82, 2.24) is 36.6 Å². The van der Waals surface area contributed by atoms with Gasteiger partial charge in [0.05, 0.1) is 25.6 Å². The molecule has 2 aromatic rings. The van der Waals surface area contributed by atoms with Gasteiger partial charge in [0, 0.05) is 18.3 Å². The Bertz CT molecular complexity index is 1390. The van der Waals surface area contributed by atoms with Crippen LogP contribution in [0.2, 0.25) is 0 Å². The minimum atomic E-state index is -1.68. The van der Waals surface area contributed by atoms with Gasteiger partial charge in [-0.15, -0.1) is 0 Å². The highest BCUT2D eigenvalue weighted by Gasteiger charge is 2.34. The van der Waals surface area contributed by atoms with Gasteiger partial charge < -0.3 is 52.6 Å². The summed E-state index contributed by atoms with van der Waals surface area (Å²) in [4.78, 5) is 84.0. The van der Waals surface area contributed by atoms with Crippen LogP contribution in [0.15, 0.2) is 42.9 Å². The fourth-order valence-electron chi connectivity index (χ4n) is 4.74. The topological polar surface area (TPSA) is 278 Å². The molecule has 17 nitrogen and oxygen atoms in total. The van der Waals surface area contributed by atoms with Crippen molar-refractivity contribution in [2.24, 2.45) is 17.6 Å². The highest BCUT2D eigenvalue weighted by atomic mass is 16.4. The number of carboxylic acid groups (broad SMARTS) is 1. The number of hydrogen-bond donors (Lipinski definition) is 10. The molecule has 49 heavy (non-hydrogen) atoms. The van der Waals surface area contributed by atoms with Crippen LogP contribution in [0.4, 0.5) is 0 Å². The quantitative estimate of drug-likeness (QED) is 0.0707. The Hall–Kier alpha value is -4.87. The number of nitrogens with one attached hydrogen (secondary N) is 6. The second-order valence-electron chi connectivity index (χ2n) is 12.4. The maximum Gasteiger partial charge on any atom is 0.328 e. The number of amides is 5. The predicted octanol–water partition coefficient (Wildman–Crippen LogP) is -2.28. The Morgan fingerprint density at radius 1 is 0.735 bits per heavy atom. The highest BCUT2D eigenvalue weighted by Crippen LogP contribution is 2.10. The summed E-state index contributed by atoms with van der Waals surface area (Å²) < 4.78 is 0. The van der Waals surface area contributed by atoms with E-state index in [-0.39, 0.29) is 25.2 Å². The molecule has 5 amide bonds. The summed E-state index contributed by atoms with van der Waals surface area (Å²) in [7, 11) is 0. The molecule has 2 rings (SSSR count). The van der Waals surface area contributed by atoms with E-state index >= 15 is 0 Å². The van der Waals surface area contributed by atoms with Crippen molar-refractivity contribution in [2.75, 3.05) is 13.2 Å². The van der Waals surface area contributed by atoms with Gasteiger partial charge in [-0.25, -0.2) is 9.78 Å². The van der Waals surface area contributed by atoms with Crippen molar-refractivity contribution >= 4 is 35.5 Å². The molecule has 17 heteroatoms. The Morgan fingerprint density at radius 3 is 1.82 bits per heavy atom. The molecule has 0 radical (unpaired) electrons. The van der Waals surface area contributed by atoms with E-state index in [9.17, 15) is 39.0 Å². The van der Waals surface area contributed by atoms with Crippen LogP contribution < -0.4 is 32.3 Å². The number of imidazole rings is 1. The molecule has 1 aromatic heterocycles. The van der Waals surface area contributed by atoms with Crippen molar-refractivity contribution < 1.29 is 44.1 Å². The summed E-state index contributed by atoms with van der Waals surface area (Å²) in [5.41, 5.74) is 7.41. The molecule has 270 valence electrons. The molecule has 0 fully saturated rings. The summed E-state index contributed by atoms with van der Waals surface area (Å²) in [6.45, 7) is 5.22. The van der Waals surface area contributed by atoms with Gasteiger partial charge in [-0.1, -0.05) is 58.0 Å². The van der Waals surface area contributed by atoms with Crippen LogP contribution in [0.3, 0.4) is 0 Å². The molecule has 6 atom stereocenters. The number of benzene rings is 1. The van der Waals surface area contributed by atoms with E-state index in [0.29, 0.717) is 5.69 Å². The molecule has 0 bridgehead atoms. The van der Waals surface area contributed by atoms with Crippen molar-refractivity contribution in [3.8, 4) is 0 Å². The molecular formula is C32H48N8O9. The van der Waals surface area contributed by atoms with Crippen LogP contribution in [0.5, 0.6) is 0 Å². The van der Waals surface area contributed by atoms with Gasteiger partial charge >= 0.3 is 5.97 Å². The van der Waals surface area contributed by atoms with E-state index < -0.39 is 90.9 Å². The monoisotopic (exact) mass is 688 g/mol. The SMILES string of the molecule is CC(C)C[C@H](NC(=O)[C@@H](N)Cc1ccccc1)C(=O)N[C@H](C(=O)N[C@@H](Cc1cnc[nH]1)C(=O)N[C@@H](CO)C(=O)N[C@@H](CO)C(=O)O)C(C)C.